The summed E-state index contributed by atoms with van der Waals surface area (Å²) in [4.78, 5) is 0. The smallest absolute Gasteiger partial charge is 0.0363 e. The van der Waals surface area contributed by atoms with Gasteiger partial charge in [-0.25, -0.2) is 0 Å². The molecule has 2 atom stereocenters. The molecule has 1 saturated carbocycles. The van der Waals surface area contributed by atoms with E-state index in [4.69, 9.17) is 11.6 Å². The summed E-state index contributed by atoms with van der Waals surface area (Å²) >= 11 is 5.86. The first-order valence-electron chi connectivity index (χ1n) is 13.2. The van der Waals surface area contributed by atoms with Crippen LogP contribution in [-0.2, 0) is 0 Å². The highest BCUT2D eigenvalue weighted by molar-refractivity contribution is 6.31. The van der Waals surface area contributed by atoms with Crippen LogP contribution in [0.3, 0.4) is 0 Å². The minimum Gasteiger partial charge on any atom is -0.0912 e. The lowest BCUT2D eigenvalue weighted by Gasteiger charge is -2.27. The first-order valence-corrected chi connectivity index (χ1v) is 13.6. The second-order valence-corrected chi connectivity index (χ2v) is 7.26. The van der Waals surface area contributed by atoms with Crippen LogP contribution in [0.15, 0.2) is 54.1 Å². The third-order valence-corrected chi connectivity index (χ3v) is 5.30. The van der Waals surface area contributed by atoms with E-state index in [2.05, 4.69) is 51.6 Å². The molecule has 0 nitrogen and oxygen atoms in total. The van der Waals surface area contributed by atoms with Crippen LogP contribution in [0, 0.1) is 18.8 Å². The van der Waals surface area contributed by atoms with E-state index in [-0.39, 0.29) is 0 Å². The van der Waals surface area contributed by atoms with E-state index in [1.165, 1.54) is 37.7 Å². The molecular weight excluding hydrogens is 408 g/mol. The quantitative estimate of drug-likeness (QED) is 0.388. The van der Waals surface area contributed by atoms with Gasteiger partial charge in [-0.3, -0.25) is 0 Å². The van der Waals surface area contributed by atoms with E-state index >= 15 is 0 Å². The van der Waals surface area contributed by atoms with Crippen LogP contribution < -0.4 is 0 Å². The Morgan fingerprint density at radius 2 is 1.38 bits per heavy atom. The average molecular weight is 465 g/mol. The van der Waals surface area contributed by atoms with Gasteiger partial charge in [0, 0.05) is 5.03 Å². The number of rotatable bonds is 4. The standard InChI is InChI=1S/C14H15Cl.C9H18.4C2H6/c1-4-14(15)10-7-12(3)13-8-5-11(2)6-9-13;1-3-9-7-5-4-6-8(9)2;4*1-2/h4-10H,3H2,1-2H3;8-9H,3-7H2,1-2H3;4*1-2H3/b10-7-,14-4+;;;;;/t;8-,9?;;;;/m.0..../s1. The molecule has 0 radical (unpaired) electrons. The predicted octanol–water partition coefficient (Wildman–Crippen LogP) is 12.0. The Kier molecular flexibility index (Phi) is 35.3. The van der Waals surface area contributed by atoms with Crippen LogP contribution >= 0.6 is 11.6 Å². The minimum atomic E-state index is 0.725. The highest BCUT2D eigenvalue weighted by atomic mass is 35.5. The van der Waals surface area contributed by atoms with E-state index in [9.17, 15) is 0 Å². The van der Waals surface area contributed by atoms with Crippen molar-refractivity contribution in [3.8, 4) is 0 Å². The fourth-order valence-corrected chi connectivity index (χ4v) is 3.20. The molecular formula is C31H57Cl. The molecule has 0 aliphatic heterocycles. The first kappa shape index (κ1) is 38.0. The van der Waals surface area contributed by atoms with Crippen molar-refractivity contribution in [3.05, 3.63) is 65.2 Å². The van der Waals surface area contributed by atoms with Gasteiger partial charge >= 0.3 is 0 Å². The van der Waals surface area contributed by atoms with Gasteiger partial charge in [0.25, 0.3) is 0 Å². The van der Waals surface area contributed by atoms with Gasteiger partial charge in [0.15, 0.2) is 0 Å². The van der Waals surface area contributed by atoms with Crippen molar-refractivity contribution in [1.82, 2.24) is 0 Å². The van der Waals surface area contributed by atoms with E-state index < -0.39 is 0 Å². The van der Waals surface area contributed by atoms with Crippen molar-refractivity contribution < 1.29 is 0 Å². The van der Waals surface area contributed by atoms with Gasteiger partial charge < -0.3 is 0 Å². The van der Waals surface area contributed by atoms with Gasteiger partial charge in [0.1, 0.15) is 0 Å². The molecule has 0 heterocycles. The zero-order valence-corrected chi connectivity index (χ0v) is 24.6. The van der Waals surface area contributed by atoms with Crippen LogP contribution in [0.1, 0.15) is 119 Å². The summed E-state index contributed by atoms with van der Waals surface area (Å²) in [5, 5.41) is 0.725. The molecule has 0 amide bonds. The largest absolute Gasteiger partial charge is 0.0912 e. The number of hydrogen-bond donors (Lipinski definition) is 0. The van der Waals surface area contributed by atoms with Crippen LogP contribution in [0.4, 0.5) is 0 Å². The number of aryl methyl sites for hydroxylation is 1. The maximum absolute atomic E-state index is 5.86. The second kappa shape index (κ2) is 29.7. The molecule has 1 aliphatic rings. The first-order chi connectivity index (χ1) is 15.5. The summed E-state index contributed by atoms with van der Waals surface area (Å²) in [7, 11) is 0. The van der Waals surface area contributed by atoms with Crippen molar-refractivity contribution in [2.75, 3.05) is 0 Å². The maximum Gasteiger partial charge on any atom is 0.0363 e. The van der Waals surface area contributed by atoms with Crippen molar-refractivity contribution in [3.63, 3.8) is 0 Å². The second-order valence-electron chi connectivity index (χ2n) is 6.83. The Morgan fingerprint density at radius 1 is 0.906 bits per heavy atom. The fraction of sp³-hybridized carbons (Fsp3) is 0.613. The van der Waals surface area contributed by atoms with Gasteiger partial charge in [0.05, 0.1) is 0 Å². The predicted molar refractivity (Wildman–Crippen MR) is 156 cm³/mol. The third kappa shape index (κ3) is 20.6. The molecule has 188 valence electrons. The lowest BCUT2D eigenvalue weighted by Crippen LogP contribution is -2.15. The molecule has 1 unspecified atom stereocenters. The topological polar surface area (TPSA) is 0 Å². The van der Waals surface area contributed by atoms with Crippen LogP contribution in [0.5, 0.6) is 0 Å². The fourth-order valence-electron chi connectivity index (χ4n) is 3.14. The minimum absolute atomic E-state index is 0.725. The average Bonchev–Trinajstić information content (AvgIpc) is 2.88. The molecule has 0 aromatic heterocycles. The molecule has 1 heteroatoms. The molecule has 1 aliphatic carbocycles. The number of allylic oxidation sites excluding steroid dienone is 5. The van der Waals surface area contributed by atoms with Crippen LogP contribution in [0.2, 0.25) is 0 Å². The van der Waals surface area contributed by atoms with Gasteiger partial charge in [-0.05, 0) is 42.9 Å². The summed E-state index contributed by atoms with van der Waals surface area (Å²) in [5.41, 5.74) is 3.34. The van der Waals surface area contributed by atoms with E-state index in [1.54, 1.807) is 0 Å². The van der Waals surface area contributed by atoms with Gasteiger partial charge in [0.2, 0.25) is 0 Å². The Labute approximate surface area is 209 Å². The highest BCUT2D eigenvalue weighted by Gasteiger charge is 2.18. The lowest BCUT2D eigenvalue weighted by molar-refractivity contribution is 0.249. The van der Waals surface area contributed by atoms with Crippen LogP contribution in [0.25, 0.3) is 5.57 Å². The van der Waals surface area contributed by atoms with Crippen molar-refractivity contribution >= 4 is 17.2 Å². The number of hydrogen-bond acceptors (Lipinski definition) is 0. The summed E-state index contributed by atoms with van der Waals surface area (Å²) in [6.45, 7) is 28.7. The summed E-state index contributed by atoms with van der Waals surface area (Å²) in [6.07, 6.45) is 13.0. The van der Waals surface area contributed by atoms with Crippen molar-refractivity contribution in [2.45, 2.75) is 115 Å². The third-order valence-electron chi connectivity index (χ3n) is 4.96. The summed E-state index contributed by atoms with van der Waals surface area (Å²) in [5.74, 6) is 2.07. The molecule has 1 aromatic rings. The lowest BCUT2D eigenvalue weighted by atomic mass is 9.79. The maximum atomic E-state index is 5.86. The molecule has 0 bridgehead atoms. The highest BCUT2D eigenvalue weighted by Crippen LogP contribution is 2.31. The molecule has 2 rings (SSSR count). The zero-order chi connectivity index (χ0) is 25.9. The van der Waals surface area contributed by atoms with Gasteiger partial charge in [-0.1, -0.05) is 162 Å². The SMILES string of the molecule is C=C(/C=C\C(Cl)=C/C)c1ccc(C)cc1.CC.CC.CC.CC.CCC1CCCC[C@@H]1C. The van der Waals surface area contributed by atoms with Crippen LogP contribution in [-0.4, -0.2) is 0 Å². The molecule has 32 heavy (non-hydrogen) atoms. The Balaban J connectivity index is -0.000000197. The van der Waals surface area contributed by atoms with Gasteiger partial charge in [-0.15, -0.1) is 0 Å². The normalized spacial score (nSPS) is 16.7. The molecule has 0 N–H and O–H groups in total. The zero-order valence-electron chi connectivity index (χ0n) is 23.8. The monoisotopic (exact) mass is 464 g/mol. The Morgan fingerprint density at radius 3 is 1.75 bits per heavy atom. The Hall–Kier alpha value is -1.27. The van der Waals surface area contributed by atoms with E-state index in [1.807, 2.05) is 80.5 Å². The molecule has 0 spiro atoms. The van der Waals surface area contributed by atoms with E-state index in [0.29, 0.717) is 0 Å². The van der Waals surface area contributed by atoms with Crippen molar-refractivity contribution in [2.24, 2.45) is 11.8 Å². The number of benzene rings is 1. The molecule has 1 fully saturated rings. The van der Waals surface area contributed by atoms with E-state index in [0.717, 1.165) is 28.0 Å². The molecule has 0 saturated heterocycles. The Bertz CT molecular complexity index is 548. The molecule has 1 aromatic carbocycles. The van der Waals surface area contributed by atoms with Gasteiger partial charge in [-0.2, -0.15) is 0 Å². The summed E-state index contributed by atoms with van der Waals surface area (Å²) < 4.78 is 0. The van der Waals surface area contributed by atoms with Crippen molar-refractivity contribution in [1.29, 1.82) is 0 Å². The number of halogens is 1. The summed E-state index contributed by atoms with van der Waals surface area (Å²) in [6, 6.07) is 8.27.